The molecule has 0 heterocycles. The molecule has 0 N–H and O–H groups in total. The van der Waals surface area contributed by atoms with Crippen molar-refractivity contribution in [2.24, 2.45) is 17.8 Å². The average molecular weight is 428 g/mol. The molecule has 0 amide bonds. The SMILES string of the molecule is CC1CC(C(=O)c2cccc(Cl)c2)C1.[C-]#[N+]C1CC(C(=O)c2cccc(Cl)c2)C1. The van der Waals surface area contributed by atoms with Crippen molar-refractivity contribution in [2.45, 2.75) is 38.6 Å². The molecule has 3 nitrogen and oxygen atoms in total. The number of hydrogen-bond acceptors (Lipinski definition) is 2. The van der Waals surface area contributed by atoms with Crippen LogP contribution in [-0.4, -0.2) is 17.6 Å². The Balaban J connectivity index is 0.000000166. The van der Waals surface area contributed by atoms with E-state index in [-0.39, 0.29) is 29.4 Å². The first kappa shape index (κ1) is 21.6. The number of Topliss-reactive ketones (excluding diaryl/α,β-unsaturated/α-hetero) is 2. The molecule has 0 bridgehead atoms. The highest BCUT2D eigenvalue weighted by Crippen LogP contribution is 2.35. The molecule has 0 saturated heterocycles. The van der Waals surface area contributed by atoms with Crippen LogP contribution in [0.15, 0.2) is 48.5 Å². The van der Waals surface area contributed by atoms with E-state index in [1.54, 1.807) is 36.4 Å². The molecule has 0 atom stereocenters. The molecule has 4 rings (SSSR count). The molecule has 2 aliphatic carbocycles. The molecule has 0 spiro atoms. The molecule has 0 aliphatic heterocycles. The Labute approximate surface area is 181 Å². The highest BCUT2D eigenvalue weighted by molar-refractivity contribution is 6.31. The van der Waals surface area contributed by atoms with E-state index in [0.29, 0.717) is 34.4 Å². The maximum absolute atomic E-state index is 11.9. The van der Waals surface area contributed by atoms with Crippen molar-refractivity contribution in [1.29, 1.82) is 0 Å². The van der Waals surface area contributed by atoms with Crippen LogP contribution in [0.25, 0.3) is 4.85 Å². The number of carbonyl (C=O) groups excluding carboxylic acids is 2. The second-order valence-corrected chi connectivity index (χ2v) is 8.85. The Kier molecular flexibility index (Phi) is 7.11. The van der Waals surface area contributed by atoms with E-state index >= 15 is 0 Å². The normalized spacial score (nSPS) is 24.8. The van der Waals surface area contributed by atoms with Gasteiger partial charge in [-0.25, -0.2) is 6.57 Å². The van der Waals surface area contributed by atoms with E-state index in [4.69, 9.17) is 29.8 Å². The zero-order valence-corrected chi connectivity index (χ0v) is 17.8. The lowest BCUT2D eigenvalue weighted by Crippen LogP contribution is -2.32. The van der Waals surface area contributed by atoms with Crippen LogP contribution in [0.1, 0.15) is 53.3 Å². The first-order valence-corrected chi connectivity index (χ1v) is 10.6. The number of carbonyl (C=O) groups is 2. The largest absolute Gasteiger partial charge is 0.314 e. The van der Waals surface area contributed by atoms with Gasteiger partial charge in [-0.3, -0.25) is 9.59 Å². The highest BCUT2D eigenvalue weighted by atomic mass is 35.5. The fourth-order valence-electron chi connectivity index (χ4n) is 3.78. The van der Waals surface area contributed by atoms with Gasteiger partial charge >= 0.3 is 0 Å². The van der Waals surface area contributed by atoms with Crippen LogP contribution >= 0.6 is 23.2 Å². The predicted octanol–water partition coefficient (Wildman–Crippen LogP) is 6.79. The minimum atomic E-state index is 0.0302. The van der Waals surface area contributed by atoms with Crippen molar-refractivity contribution >= 4 is 34.8 Å². The van der Waals surface area contributed by atoms with Gasteiger partial charge in [0.2, 0.25) is 6.04 Å². The summed E-state index contributed by atoms with van der Waals surface area (Å²) in [6, 6.07) is 14.3. The van der Waals surface area contributed by atoms with Crippen LogP contribution < -0.4 is 0 Å². The molecule has 2 fully saturated rings. The summed E-state index contributed by atoms with van der Waals surface area (Å²) in [6.07, 6.45) is 3.47. The van der Waals surface area contributed by atoms with E-state index in [9.17, 15) is 9.59 Å². The summed E-state index contributed by atoms with van der Waals surface area (Å²) in [5, 5.41) is 1.23. The maximum atomic E-state index is 11.9. The molecular weight excluding hydrogens is 405 g/mol. The second-order valence-electron chi connectivity index (χ2n) is 7.97. The third-order valence-corrected chi connectivity index (χ3v) is 6.10. The van der Waals surface area contributed by atoms with Gasteiger partial charge in [-0.05, 0) is 43.0 Å². The van der Waals surface area contributed by atoms with Gasteiger partial charge in [-0.1, -0.05) is 54.4 Å². The fourth-order valence-corrected chi connectivity index (χ4v) is 4.16. The summed E-state index contributed by atoms with van der Waals surface area (Å²) >= 11 is 11.6. The summed E-state index contributed by atoms with van der Waals surface area (Å²) in [7, 11) is 0. The molecule has 0 unspecified atom stereocenters. The van der Waals surface area contributed by atoms with Crippen LogP contribution in [0.4, 0.5) is 0 Å². The molecule has 150 valence electrons. The lowest BCUT2D eigenvalue weighted by molar-refractivity contribution is 0.0791. The quantitative estimate of drug-likeness (QED) is 0.397. The van der Waals surface area contributed by atoms with Gasteiger partial charge in [0.1, 0.15) is 0 Å². The second kappa shape index (κ2) is 9.57. The summed E-state index contributed by atoms with van der Waals surface area (Å²) in [6.45, 7) is 9.00. The van der Waals surface area contributed by atoms with Crippen molar-refractivity contribution in [3.63, 3.8) is 0 Å². The van der Waals surface area contributed by atoms with Crippen LogP contribution in [-0.2, 0) is 0 Å². The van der Waals surface area contributed by atoms with Gasteiger partial charge in [-0.2, -0.15) is 0 Å². The number of halogens is 2. The number of nitrogens with zero attached hydrogens (tertiary/aromatic N) is 1. The molecular formula is C24H23Cl2NO2. The molecule has 5 heteroatoms. The van der Waals surface area contributed by atoms with Crippen LogP contribution in [0.3, 0.4) is 0 Å². The molecule has 29 heavy (non-hydrogen) atoms. The summed E-state index contributed by atoms with van der Waals surface area (Å²) in [5.74, 6) is 1.36. The van der Waals surface area contributed by atoms with Crippen molar-refractivity contribution in [3.8, 4) is 0 Å². The Morgan fingerprint density at radius 3 is 1.69 bits per heavy atom. The van der Waals surface area contributed by atoms with Crippen LogP contribution in [0.5, 0.6) is 0 Å². The van der Waals surface area contributed by atoms with Crippen molar-refractivity contribution in [1.82, 2.24) is 0 Å². The number of benzene rings is 2. The van der Waals surface area contributed by atoms with Crippen LogP contribution in [0, 0.1) is 24.3 Å². The van der Waals surface area contributed by atoms with Gasteiger partial charge in [0, 0.05) is 45.8 Å². The van der Waals surface area contributed by atoms with E-state index in [1.165, 1.54) is 0 Å². The van der Waals surface area contributed by atoms with E-state index in [1.807, 2.05) is 12.1 Å². The predicted molar refractivity (Wildman–Crippen MR) is 117 cm³/mol. The van der Waals surface area contributed by atoms with E-state index in [0.717, 1.165) is 18.4 Å². The van der Waals surface area contributed by atoms with Gasteiger partial charge in [0.25, 0.3) is 0 Å². The Morgan fingerprint density at radius 1 is 0.862 bits per heavy atom. The lowest BCUT2D eigenvalue weighted by atomic mass is 9.72. The third-order valence-electron chi connectivity index (χ3n) is 5.63. The first-order chi connectivity index (χ1) is 13.9. The van der Waals surface area contributed by atoms with Gasteiger partial charge < -0.3 is 4.85 Å². The maximum Gasteiger partial charge on any atom is 0.225 e. The summed E-state index contributed by atoms with van der Waals surface area (Å²) in [4.78, 5) is 27.2. The fraction of sp³-hybridized carbons (Fsp3) is 0.375. The van der Waals surface area contributed by atoms with E-state index < -0.39 is 0 Å². The molecule has 2 aromatic carbocycles. The average Bonchev–Trinajstić information content (AvgIpc) is 2.64. The minimum absolute atomic E-state index is 0.0302. The monoisotopic (exact) mass is 427 g/mol. The topological polar surface area (TPSA) is 38.5 Å². The van der Waals surface area contributed by atoms with Crippen molar-refractivity contribution in [3.05, 3.63) is 81.1 Å². The Morgan fingerprint density at radius 2 is 1.31 bits per heavy atom. The van der Waals surface area contributed by atoms with Crippen molar-refractivity contribution in [2.75, 3.05) is 0 Å². The third kappa shape index (κ3) is 5.47. The lowest BCUT2D eigenvalue weighted by Gasteiger charge is -2.31. The van der Waals surface area contributed by atoms with E-state index in [2.05, 4.69) is 11.8 Å². The molecule has 0 radical (unpaired) electrons. The Bertz CT molecular complexity index is 938. The highest BCUT2D eigenvalue weighted by Gasteiger charge is 2.39. The molecule has 2 aliphatic rings. The zero-order valence-electron chi connectivity index (χ0n) is 16.3. The first-order valence-electron chi connectivity index (χ1n) is 9.83. The molecule has 2 aromatic rings. The standard InChI is InChI=1S/C12H10ClNO.C12H13ClO/c1-14-11-6-9(7-11)12(15)8-3-2-4-10(13)5-8;1-8-5-10(6-8)12(14)9-3-2-4-11(13)7-9/h2-5,9,11H,6-7H2;2-4,7-8,10H,5-6H2,1H3. The molecule has 2 saturated carbocycles. The summed E-state index contributed by atoms with van der Waals surface area (Å²) < 4.78 is 0. The number of hydrogen-bond donors (Lipinski definition) is 0. The smallest absolute Gasteiger partial charge is 0.225 e. The Hall–Kier alpha value is -2.15. The summed E-state index contributed by atoms with van der Waals surface area (Å²) in [5.41, 5.74) is 1.42. The minimum Gasteiger partial charge on any atom is -0.314 e. The van der Waals surface area contributed by atoms with Crippen molar-refractivity contribution < 1.29 is 9.59 Å². The van der Waals surface area contributed by atoms with Gasteiger partial charge in [0.05, 0.1) is 0 Å². The molecule has 0 aromatic heterocycles. The number of rotatable bonds is 4. The number of ketones is 2. The zero-order chi connectivity index (χ0) is 21.0. The van der Waals surface area contributed by atoms with Gasteiger partial charge in [-0.15, -0.1) is 0 Å². The van der Waals surface area contributed by atoms with Crippen LogP contribution in [0.2, 0.25) is 10.0 Å². The van der Waals surface area contributed by atoms with Gasteiger partial charge in [0.15, 0.2) is 11.6 Å².